The molecule has 1 aromatic heterocycles. The second kappa shape index (κ2) is 6.22. The first kappa shape index (κ1) is 14.8. The third kappa shape index (κ3) is 3.70. The molecule has 20 heavy (non-hydrogen) atoms. The Kier molecular flexibility index (Phi) is 4.60. The minimum absolute atomic E-state index is 0.0550. The molecule has 1 aliphatic rings. The van der Waals surface area contributed by atoms with Gasteiger partial charge < -0.3 is 15.3 Å². The number of piperidine rings is 1. The zero-order chi connectivity index (χ0) is 14.6. The minimum atomic E-state index is -0.644. The number of hydrogen-bond donors (Lipinski definition) is 2. The van der Waals surface area contributed by atoms with Gasteiger partial charge in [0, 0.05) is 19.6 Å². The van der Waals surface area contributed by atoms with Crippen LogP contribution in [-0.4, -0.2) is 46.1 Å². The summed E-state index contributed by atoms with van der Waals surface area (Å²) >= 11 is 0. The average molecular weight is 277 g/mol. The van der Waals surface area contributed by atoms with Crippen LogP contribution in [0.3, 0.4) is 0 Å². The SMILES string of the molecule is CCCNc1cccc(C(=O)N2CCC(C)(O)CC2)n1. The fraction of sp³-hybridized carbons (Fsp3) is 0.600. The van der Waals surface area contributed by atoms with E-state index in [-0.39, 0.29) is 5.91 Å². The number of aliphatic hydroxyl groups is 1. The van der Waals surface area contributed by atoms with Crippen molar-refractivity contribution in [1.82, 2.24) is 9.88 Å². The molecular weight excluding hydrogens is 254 g/mol. The van der Waals surface area contributed by atoms with E-state index in [1.807, 2.05) is 19.1 Å². The molecule has 1 amide bonds. The summed E-state index contributed by atoms with van der Waals surface area (Å²) in [7, 11) is 0. The molecule has 1 aliphatic heterocycles. The largest absolute Gasteiger partial charge is 0.390 e. The van der Waals surface area contributed by atoms with Crippen LogP contribution in [0.5, 0.6) is 0 Å². The maximum atomic E-state index is 12.4. The number of likely N-dealkylation sites (tertiary alicyclic amines) is 1. The number of nitrogens with zero attached hydrogens (tertiary/aromatic N) is 2. The highest BCUT2D eigenvalue weighted by Gasteiger charge is 2.30. The van der Waals surface area contributed by atoms with Crippen molar-refractivity contribution in [3.63, 3.8) is 0 Å². The summed E-state index contributed by atoms with van der Waals surface area (Å²) in [6.07, 6.45) is 2.25. The van der Waals surface area contributed by atoms with Gasteiger partial charge in [0.1, 0.15) is 11.5 Å². The third-order valence-corrected chi connectivity index (χ3v) is 3.65. The van der Waals surface area contributed by atoms with Crippen molar-refractivity contribution in [2.75, 3.05) is 25.0 Å². The Bertz CT molecular complexity index is 464. The van der Waals surface area contributed by atoms with Gasteiger partial charge in [0.2, 0.25) is 0 Å². The smallest absolute Gasteiger partial charge is 0.272 e. The predicted molar refractivity (Wildman–Crippen MR) is 78.8 cm³/mol. The third-order valence-electron chi connectivity index (χ3n) is 3.65. The van der Waals surface area contributed by atoms with E-state index in [1.54, 1.807) is 11.0 Å². The summed E-state index contributed by atoms with van der Waals surface area (Å²) in [5.41, 5.74) is -0.179. The molecule has 1 aromatic rings. The van der Waals surface area contributed by atoms with Crippen LogP contribution < -0.4 is 5.32 Å². The molecule has 0 atom stereocenters. The molecule has 0 saturated carbocycles. The monoisotopic (exact) mass is 277 g/mol. The van der Waals surface area contributed by atoms with Crippen LogP contribution in [0.25, 0.3) is 0 Å². The average Bonchev–Trinajstić information content (AvgIpc) is 2.45. The van der Waals surface area contributed by atoms with E-state index in [1.165, 1.54) is 0 Å². The summed E-state index contributed by atoms with van der Waals surface area (Å²) in [4.78, 5) is 18.5. The number of nitrogens with one attached hydrogen (secondary N) is 1. The molecule has 0 unspecified atom stereocenters. The van der Waals surface area contributed by atoms with Crippen molar-refractivity contribution < 1.29 is 9.90 Å². The lowest BCUT2D eigenvalue weighted by Crippen LogP contribution is -2.45. The molecule has 0 aliphatic carbocycles. The van der Waals surface area contributed by atoms with E-state index in [0.29, 0.717) is 31.6 Å². The van der Waals surface area contributed by atoms with E-state index in [4.69, 9.17) is 0 Å². The number of amides is 1. The molecule has 1 fully saturated rings. The number of rotatable bonds is 4. The Morgan fingerprint density at radius 3 is 2.80 bits per heavy atom. The Hall–Kier alpha value is -1.62. The highest BCUT2D eigenvalue weighted by Crippen LogP contribution is 2.22. The first-order chi connectivity index (χ1) is 9.52. The van der Waals surface area contributed by atoms with Gasteiger partial charge in [-0.1, -0.05) is 13.0 Å². The van der Waals surface area contributed by atoms with Crippen molar-refractivity contribution >= 4 is 11.7 Å². The lowest BCUT2D eigenvalue weighted by molar-refractivity contribution is -0.00219. The molecule has 2 heterocycles. The summed E-state index contributed by atoms with van der Waals surface area (Å²) in [5.74, 6) is 0.683. The van der Waals surface area contributed by atoms with Gasteiger partial charge in [-0.3, -0.25) is 4.79 Å². The Labute approximate surface area is 120 Å². The fourth-order valence-electron chi connectivity index (χ4n) is 2.26. The summed E-state index contributed by atoms with van der Waals surface area (Å²) < 4.78 is 0. The number of pyridine rings is 1. The number of carbonyl (C=O) groups is 1. The number of aromatic nitrogens is 1. The topological polar surface area (TPSA) is 65.5 Å². The van der Waals surface area contributed by atoms with Crippen LogP contribution in [0.2, 0.25) is 0 Å². The molecular formula is C15H23N3O2. The van der Waals surface area contributed by atoms with Gasteiger partial charge in [0.15, 0.2) is 0 Å². The molecule has 2 rings (SSSR count). The maximum Gasteiger partial charge on any atom is 0.272 e. The van der Waals surface area contributed by atoms with E-state index in [2.05, 4.69) is 17.2 Å². The first-order valence-electron chi connectivity index (χ1n) is 7.24. The van der Waals surface area contributed by atoms with Gasteiger partial charge in [-0.15, -0.1) is 0 Å². The van der Waals surface area contributed by atoms with Crippen molar-refractivity contribution in [3.05, 3.63) is 23.9 Å². The highest BCUT2D eigenvalue weighted by molar-refractivity contribution is 5.92. The van der Waals surface area contributed by atoms with Crippen molar-refractivity contribution in [1.29, 1.82) is 0 Å². The standard InChI is InChI=1S/C15H23N3O2/c1-3-9-16-13-6-4-5-12(17-13)14(19)18-10-7-15(2,20)8-11-18/h4-6,20H,3,7-11H2,1-2H3,(H,16,17). The molecule has 1 saturated heterocycles. The van der Waals surface area contributed by atoms with Gasteiger partial charge >= 0.3 is 0 Å². The lowest BCUT2D eigenvalue weighted by atomic mass is 9.94. The molecule has 5 nitrogen and oxygen atoms in total. The molecule has 0 spiro atoms. The van der Waals surface area contributed by atoms with Gasteiger partial charge in [-0.25, -0.2) is 4.98 Å². The summed E-state index contributed by atoms with van der Waals surface area (Å²) in [6.45, 7) is 5.92. The quantitative estimate of drug-likeness (QED) is 0.882. The van der Waals surface area contributed by atoms with Crippen LogP contribution in [-0.2, 0) is 0 Å². The first-order valence-corrected chi connectivity index (χ1v) is 7.24. The molecule has 2 N–H and O–H groups in total. The van der Waals surface area contributed by atoms with Crippen LogP contribution in [0, 0.1) is 0 Å². The maximum absolute atomic E-state index is 12.4. The predicted octanol–water partition coefficient (Wildman–Crippen LogP) is 1.89. The van der Waals surface area contributed by atoms with Crippen molar-refractivity contribution in [2.24, 2.45) is 0 Å². The number of carbonyl (C=O) groups excluding carboxylic acids is 1. The van der Waals surface area contributed by atoms with E-state index < -0.39 is 5.60 Å². The Balaban J connectivity index is 2.02. The second-order valence-corrected chi connectivity index (χ2v) is 5.62. The van der Waals surface area contributed by atoms with E-state index in [0.717, 1.165) is 18.8 Å². The van der Waals surface area contributed by atoms with Crippen LogP contribution >= 0.6 is 0 Å². The van der Waals surface area contributed by atoms with Gasteiger partial charge in [0.05, 0.1) is 5.60 Å². The van der Waals surface area contributed by atoms with Crippen LogP contribution in [0.15, 0.2) is 18.2 Å². The van der Waals surface area contributed by atoms with Gasteiger partial charge in [0.25, 0.3) is 5.91 Å². The highest BCUT2D eigenvalue weighted by atomic mass is 16.3. The van der Waals surface area contributed by atoms with E-state index >= 15 is 0 Å². The Morgan fingerprint density at radius 2 is 2.15 bits per heavy atom. The Morgan fingerprint density at radius 1 is 1.45 bits per heavy atom. The van der Waals surface area contributed by atoms with Gasteiger partial charge in [-0.2, -0.15) is 0 Å². The normalized spacial score (nSPS) is 17.9. The van der Waals surface area contributed by atoms with Crippen molar-refractivity contribution in [2.45, 2.75) is 38.7 Å². The lowest BCUT2D eigenvalue weighted by Gasteiger charge is -2.35. The number of hydrogen-bond acceptors (Lipinski definition) is 4. The molecule has 110 valence electrons. The zero-order valence-electron chi connectivity index (χ0n) is 12.2. The molecule has 5 heteroatoms. The molecule has 0 bridgehead atoms. The molecule has 0 aromatic carbocycles. The van der Waals surface area contributed by atoms with Crippen LogP contribution in [0.1, 0.15) is 43.6 Å². The minimum Gasteiger partial charge on any atom is -0.390 e. The fourth-order valence-corrected chi connectivity index (χ4v) is 2.26. The zero-order valence-corrected chi connectivity index (χ0v) is 12.2. The van der Waals surface area contributed by atoms with Crippen molar-refractivity contribution in [3.8, 4) is 0 Å². The van der Waals surface area contributed by atoms with Gasteiger partial charge in [-0.05, 0) is 38.3 Å². The molecule has 0 radical (unpaired) electrons. The van der Waals surface area contributed by atoms with Crippen LogP contribution in [0.4, 0.5) is 5.82 Å². The summed E-state index contributed by atoms with van der Waals surface area (Å²) in [5, 5.41) is 13.1. The second-order valence-electron chi connectivity index (χ2n) is 5.62. The number of anilines is 1. The summed E-state index contributed by atoms with van der Waals surface area (Å²) in [6, 6.07) is 5.46. The van der Waals surface area contributed by atoms with E-state index in [9.17, 15) is 9.90 Å².